The van der Waals surface area contributed by atoms with Gasteiger partial charge in [-0.3, -0.25) is 14.5 Å². The van der Waals surface area contributed by atoms with Crippen molar-refractivity contribution in [2.45, 2.75) is 70.8 Å². The molecule has 45 heavy (non-hydrogen) atoms. The fraction of sp³-hybridized carbons (Fsp3) is 0.405. The van der Waals surface area contributed by atoms with Gasteiger partial charge in [0.1, 0.15) is 6.04 Å². The molecule has 1 fully saturated rings. The minimum absolute atomic E-state index is 0.0724. The molecule has 1 saturated heterocycles. The second-order valence-electron chi connectivity index (χ2n) is 11.8. The van der Waals surface area contributed by atoms with E-state index in [1.165, 1.54) is 29.8 Å². The topological polar surface area (TPSA) is 43.9 Å². The van der Waals surface area contributed by atoms with Crippen LogP contribution in [0.1, 0.15) is 61.8 Å². The molecule has 0 bridgehead atoms. The van der Waals surface area contributed by atoms with Crippen molar-refractivity contribution in [2.24, 2.45) is 0 Å². The highest BCUT2D eigenvalue weighted by molar-refractivity contribution is 5.96. The minimum atomic E-state index is -4.43. The lowest BCUT2D eigenvalue weighted by atomic mass is 9.98. The smallest absolute Gasteiger partial charge is 0.338 e. The first-order valence-electron chi connectivity index (χ1n) is 15.9. The van der Waals surface area contributed by atoms with Crippen molar-refractivity contribution >= 4 is 17.9 Å². The predicted octanol–water partition coefficient (Wildman–Crippen LogP) is 7.47. The number of unbranched alkanes of at least 4 members (excludes halogenated alkanes) is 2. The lowest BCUT2D eigenvalue weighted by molar-refractivity contribution is -0.146. The lowest BCUT2D eigenvalue weighted by Gasteiger charge is -2.41. The van der Waals surface area contributed by atoms with Gasteiger partial charge in [0.25, 0.3) is 0 Å². The number of hydrogen-bond acceptors (Lipinski definition) is 3. The molecular weight excluding hydrogens is 575 g/mol. The molecule has 0 radical (unpaired) electrons. The van der Waals surface area contributed by atoms with E-state index in [-0.39, 0.29) is 17.9 Å². The number of carbonyl (C=O) groups excluding carboxylic acids is 2. The molecule has 2 amide bonds. The first kappa shape index (κ1) is 34.0. The summed E-state index contributed by atoms with van der Waals surface area (Å²) in [7, 11) is 0. The van der Waals surface area contributed by atoms with Gasteiger partial charge in [-0.1, -0.05) is 99.0 Å². The number of amides is 2. The van der Waals surface area contributed by atoms with Crippen LogP contribution in [0.2, 0.25) is 0 Å². The molecular formula is C37H44F3N3O2. The molecule has 1 aliphatic rings. The zero-order valence-corrected chi connectivity index (χ0v) is 26.3. The van der Waals surface area contributed by atoms with Crippen molar-refractivity contribution in [3.63, 3.8) is 0 Å². The highest BCUT2D eigenvalue weighted by atomic mass is 19.4. The van der Waals surface area contributed by atoms with Gasteiger partial charge in [0, 0.05) is 51.3 Å². The number of alkyl halides is 3. The molecule has 3 aromatic rings. The second-order valence-corrected chi connectivity index (χ2v) is 11.8. The highest BCUT2D eigenvalue weighted by Gasteiger charge is 2.36. The summed E-state index contributed by atoms with van der Waals surface area (Å²) >= 11 is 0. The number of hydrogen-bond donors (Lipinski definition) is 0. The fourth-order valence-electron chi connectivity index (χ4n) is 5.86. The van der Waals surface area contributed by atoms with Gasteiger partial charge in [-0.05, 0) is 48.2 Å². The van der Waals surface area contributed by atoms with Crippen LogP contribution in [-0.4, -0.2) is 64.8 Å². The van der Waals surface area contributed by atoms with Crippen molar-refractivity contribution < 1.29 is 22.8 Å². The summed E-state index contributed by atoms with van der Waals surface area (Å²) in [5, 5.41) is 0. The van der Waals surface area contributed by atoms with Gasteiger partial charge in [-0.25, -0.2) is 0 Å². The standard InChI is InChI=1S/C37H44F3N3O2/c1-3-4-7-12-29(2)43(35(44)22-19-30-17-20-33(21-18-30)37(38,39)40)34(27-31-13-8-5-9-14-31)36(45)42-25-23-41(24-26-42)28-32-15-10-6-11-16-32/h5-6,8-11,13-22,29,34H,3-4,7,12,23-28H2,1-2H3/b22-19+/t29?,34-/m0/s1. The Labute approximate surface area is 265 Å². The monoisotopic (exact) mass is 619 g/mol. The zero-order valence-electron chi connectivity index (χ0n) is 26.3. The number of rotatable bonds is 13. The van der Waals surface area contributed by atoms with Crippen LogP contribution in [0.25, 0.3) is 6.08 Å². The maximum Gasteiger partial charge on any atom is 0.416 e. The average Bonchev–Trinajstić information content (AvgIpc) is 3.04. The van der Waals surface area contributed by atoms with Crippen molar-refractivity contribution in [1.82, 2.24) is 14.7 Å². The van der Waals surface area contributed by atoms with E-state index in [9.17, 15) is 22.8 Å². The summed E-state index contributed by atoms with van der Waals surface area (Å²) in [4.78, 5) is 34.2. The molecule has 4 rings (SSSR count). The van der Waals surface area contributed by atoms with Gasteiger partial charge >= 0.3 is 6.18 Å². The Hall–Kier alpha value is -3.91. The van der Waals surface area contributed by atoms with Gasteiger partial charge in [0.2, 0.25) is 11.8 Å². The number of nitrogens with zero attached hydrogens (tertiary/aromatic N) is 3. The van der Waals surface area contributed by atoms with Crippen molar-refractivity contribution in [3.05, 3.63) is 113 Å². The van der Waals surface area contributed by atoms with E-state index in [0.29, 0.717) is 25.1 Å². The van der Waals surface area contributed by atoms with Crippen LogP contribution in [0.3, 0.4) is 0 Å². The number of piperazine rings is 1. The van der Waals surface area contributed by atoms with E-state index in [4.69, 9.17) is 0 Å². The Kier molecular flexibility index (Phi) is 12.4. The van der Waals surface area contributed by atoms with Gasteiger partial charge in [-0.2, -0.15) is 13.2 Å². The Morgan fingerprint density at radius 3 is 2.02 bits per heavy atom. The molecule has 1 unspecified atom stereocenters. The summed E-state index contributed by atoms with van der Waals surface area (Å²) in [6, 6.07) is 23.8. The Balaban J connectivity index is 1.57. The molecule has 3 aromatic carbocycles. The van der Waals surface area contributed by atoms with Gasteiger partial charge in [0.15, 0.2) is 0 Å². The third kappa shape index (κ3) is 10.0. The van der Waals surface area contributed by atoms with Crippen LogP contribution in [-0.2, 0) is 28.7 Å². The molecule has 0 N–H and O–H groups in total. The van der Waals surface area contributed by atoms with E-state index >= 15 is 0 Å². The first-order valence-corrected chi connectivity index (χ1v) is 15.9. The van der Waals surface area contributed by atoms with Crippen LogP contribution in [0.4, 0.5) is 13.2 Å². The Morgan fingerprint density at radius 2 is 1.44 bits per heavy atom. The van der Waals surface area contributed by atoms with Crippen LogP contribution in [0.5, 0.6) is 0 Å². The van der Waals surface area contributed by atoms with Crippen molar-refractivity contribution in [3.8, 4) is 0 Å². The van der Waals surface area contributed by atoms with Crippen molar-refractivity contribution in [2.75, 3.05) is 26.2 Å². The number of benzene rings is 3. The van der Waals surface area contributed by atoms with Gasteiger partial charge in [0.05, 0.1) is 5.56 Å². The molecule has 0 spiro atoms. The summed E-state index contributed by atoms with van der Waals surface area (Å²) in [6.45, 7) is 7.57. The molecule has 5 nitrogen and oxygen atoms in total. The molecule has 0 aliphatic carbocycles. The lowest BCUT2D eigenvalue weighted by Crippen LogP contribution is -2.58. The van der Waals surface area contributed by atoms with E-state index in [0.717, 1.165) is 63.0 Å². The van der Waals surface area contributed by atoms with E-state index in [1.54, 1.807) is 4.90 Å². The fourth-order valence-corrected chi connectivity index (χ4v) is 5.86. The van der Waals surface area contributed by atoms with E-state index in [1.807, 2.05) is 60.4 Å². The molecule has 2 atom stereocenters. The third-order valence-corrected chi connectivity index (χ3v) is 8.44. The number of carbonyl (C=O) groups is 2. The van der Waals surface area contributed by atoms with Crippen LogP contribution < -0.4 is 0 Å². The first-order chi connectivity index (χ1) is 21.7. The second kappa shape index (κ2) is 16.4. The molecule has 240 valence electrons. The van der Waals surface area contributed by atoms with E-state index < -0.39 is 17.8 Å². The summed E-state index contributed by atoms with van der Waals surface area (Å²) < 4.78 is 39.2. The molecule has 0 saturated carbocycles. The maximum absolute atomic E-state index is 14.3. The Morgan fingerprint density at radius 1 is 0.844 bits per heavy atom. The van der Waals surface area contributed by atoms with Crippen molar-refractivity contribution in [1.29, 1.82) is 0 Å². The van der Waals surface area contributed by atoms with Gasteiger partial charge in [-0.15, -0.1) is 0 Å². The molecule has 8 heteroatoms. The highest BCUT2D eigenvalue weighted by Crippen LogP contribution is 2.29. The molecule has 1 heterocycles. The van der Waals surface area contributed by atoms with Crippen LogP contribution in [0.15, 0.2) is 91.0 Å². The zero-order chi connectivity index (χ0) is 32.2. The minimum Gasteiger partial charge on any atom is -0.338 e. The third-order valence-electron chi connectivity index (χ3n) is 8.44. The predicted molar refractivity (Wildman–Crippen MR) is 173 cm³/mol. The summed E-state index contributed by atoms with van der Waals surface area (Å²) in [6.07, 6.45) is 2.60. The molecule has 0 aromatic heterocycles. The Bertz CT molecular complexity index is 1370. The number of halogens is 3. The average molecular weight is 620 g/mol. The normalized spacial score (nSPS) is 15.6. The quantitative estimate of drug-likeness (QED) is 0.147. The van der Waals surface area contributed by atoms with Crippen LogP contribution in [0, 0.1) is 0 Å². The van der Waals surface area contributed by atoms with Crippen LogP contribution >= 0.6 is 0 Å². The largest absolute Gasteiger partial charge is 0.416 e. The molecule has 1 aliphatic heterocycles. The maximum atomic E-state index is 14.3. The van der Waals surface area contributed by atoms with Gasteiger partial charge < -0.3 is 9.80 Å². The summed E-state index contributed by atoms with van der Waals surface area (Å²) in [5.41, 5.74) is 1.94. The summed E-state index contributed by atoms with van der Waals surface area (Å²) in [5.74, 6) is -0.396. The SMILES string of the molecule is CCCCCC(C)N(C(=O)/C=C/c1ccc(C(F)(F)F)cc1)[C@@H](Cc1ccccc1)C(=O)N1CCN(Cc2ccccc2)CC1. The van der Waals surface area contributed by atoms with E-state index in [2.05, 4.69) is 24.0 Å².